The highest BCUT2D eigenvalue weighted by Crippen LogP contribution is 2.29. The number of nitrogens with one attached hydrogen (secondary N) is 2. The molecule has 0 spiro atoms. The highest BCUT2D eigenvalue weighted by atomic mass is 32.1. The molecule has 2 aromatic rings. The second kappa shape index (κ2) is 5.70. The van der Waals surface area contributed by atoms with Crippen LogP contribution in [0.1, 0.15) is 26.6 Å². The van der Waals surface area contributed by atoms with Crippen LogP contribution in [-0.2, 0) is 13.0 Å². The van der Waals surface area contributed by atoms with Crippen molar-refractivity contribution < 1.29 is 4.79 Å². The molecular weight excluding hydrogens is 306 g/mol. The molecule has 3 rings (SSSR count). The van der Waals surface area contributed by atoms with Crippen molar-refractivity contribution >= 4 is 38.9 Å². The summed E-state index contributed by atoms with van der Waals surface area (Å²) in [5.41, 5.74) is 2.46. The molecule has 1 aliphatic rings. The Morgan fingerprint density at radius 3 is 3.00 bits per heavy atom. The van der Waals surface area contributed by atoms with Gasteiger partial charge in [0, 0.05) is 31.4 Å². The first-order valence-corrected chi connectivity index (χ1v) is 8.30. The standard InChI is InChI=1S/C13H17N5OS2/c1-7-10(12(14-2)21-17-7)11(19)16-13-15-8-4-5-18(3)6-9(8)20-13/h14H,4-6H2,1-3H3,(H,15,16,19). The molecule has 1 amide bonds. The van der Waals surface area contributed by atoms with Crippen LogP contribution in [0, 0.1) is 6.92 Å². The Morgan fingerprint density at radius 1 is 1.43 bits per heavy atom. The fourth-order valence-electron chi connectivity index (χ4n) is 2.34. The van der Waals surface area contributed by atoms with E-state index >= 15 is 0 Å². The number of carbonyl (C=O) groups excluding carboxylic acids is 1. The van der Waals surface area contributed by atoms with E-state index in [1.165, 1.54) is 16.4 Å². The van der Waals surface area contributed by atoms with E-state index in [9.17, 15) is 4.79 Å². The molecule has 0 bridgehead atoms. The molecule has 0 fully saturated rings. The first kappa shape index (κ1) is 14.4. The molecule has 3 heterocycles. The third kappa shape index (κ3) is 2.78. The van der Waals surface area contributed by atoms with Gasteiger partial charge in [-0.25, -0.2) is 4.98 Å². The Balaban J connectivity index is 1.80. The summed E-state index contributed by atoms with van der Waals surface area (Å²) in [4.78, 5) is 20.5. The summed E-state index contributed by atoms with van der Waals surface area (Å²) in [6.45, 7) is 3.76. The molecule has 0 saturated heterocycles. The summed E-state index contributed by atoms with van der Waals surface area (Å²) in [6.07, 6.45) is 0.943. The minimum Gasteiger partial charge on any atom is -0.378 e. The predicted octanol–water partition coefficient (Wildman–Crippen LogP) is 2.19. The quantitative estimate of drug-likeness (QED) is 0.906. The minimum absolute atomic E-state index is 0.148. The summed E-state index contributed by atoms with van der Waals surface area (Å²) in [6, 6.07) is 0. The van der Waals surface area contributed by atoms with Gasteiger partial charge in [0.2, 0.25) is 0 Å². The zero-order valence-corrected chi connectivity index (χ0v) is 13.8. The molecule has 8 heteroatoms. The third-order valence-electron chi connectivity index (χ3n) is 3.46. The topological polar surface area (TPSA) is 70.1 Å². The van der Waals surface area contributed by atoms with Crippen molar-refractivity contribution in [3.8, 4) is 0 Å². The normalized spacial score (nSPS) is 14.8. The molecular formula is C13H17N5OS2. The molecule has 0 unspecified atom stereocenters. The average molecular weight is 323 g/mol. The van der Waals surface area contributed by atoms with Crippen molar-refractivity contribution in [2.45, 2.75) is 19.9 Å². The lowest BCUT2D eigenvalue weighted by Crippen LogP contribution is -2.25. The number of aryl methyl sites for hydroxylation is 1. The van der Waals surface area contributed by atoms with Gasteiger partial charge in [0.1, 0.15) is 5.00 Å². The Bertz CT molecular complexity index is 678. The van der Waals surface area contributed by atoms with Gasteiger partial charge < -0.3 is 10.2 Å². The Kier molecular flexibility index (Phi) is 3.92. The Labute approximate surface area is 131 Å². The fraction of sp³-hybridized carbons (Fsp3) is 0.462. The number of hydrogen-bond donors (Lipinski definition) is 2. The van der Waals surface area contributed by atoms with Crippen LogP contribution in [0.25, 0.3) is 0 Å². The van der Waals surface area contributed by atoms with Crippen molar-refractivity contribution in [1.29, 1.82) is 0 Å². The van der Waals surface area contributed by atoms with Gasteiger partial charge in [-0.2, -0.15) is 4.37 Å². The number of nitrogens with zero attached hydrogens (tertiary/aromatic N) is 3. The largest absolute Gasteiger partial charge is 0.378 e. The summed E-state index contributed by atoms with van der Waals surface area (Å²) >= 11 is 2.86. The van der Waals surface area contributed by atoms with E-state index in [-0.39, 0.29) is 5.91 Å². The van der Waals surface area contributed by atoms with Gasteiger partial charge in [0.05, 0.1) is 17.0 Å². The smallest absolute Gasteiger partial charge is 0.262 e. The maximum Gasteiger partial charge on any atom is 0.262 e. The first-order valence-electron chi connectivity index (χ1n) is 6.71. The second-order valence-electron chi connectivity index (χ2n) is 5.05. The number of thiazole rings is 1. The van der Waals surface area contributed by atoms with E-state index in [1.54, 1.807) is 18.4 Å². The Hall–Kier alpha value is -1.51. The van der Waals surface area contributed by atoms with Gasteiger partial charge in [-0.15, -0.1) is 11.3 Å². The minimum atomic E-state index is -0.148. The number of hydrogen-bond acceptors (Lipinski definition) is 7. The molecule has 0 saturated carbocycles. The number of anilines is 2. The zero-order valence-electron chi connectivity index (χ0n) is 12.2. The van der Waals surface area contributed by atoms with Crippen molar-refractivity contribution in [3.05, 3.63) is 21.8 Å². The van der Waals surface area contributed by atoms with Crippen LogP contribution >= 0.6 is 22.9 Å². The molecule has 0 radical (unpaired) electrons. The van der Waals surface area contributed by atoms with E-state index in [2.05, 4.69) is 31.9 Å². The summed E-state index contributed by atoms with van der Waals surface area (Å²) in [7, 11) is 3.89. The summed E-state index contributed by atoms with van der Waals surface area (Å²) < 4.78 is 4.22. The van der Waals surface area contributed by atoms with Crippen molar-refractivity contribution in [3.63, 3.8) is 0 Å². The SMILES string of the molecule is CNc1snc(C)c1C(=O)Nc1nc2c(s1)CN(C)CC2. The maximum atomic E-state index is 12.4. The van der Waals surface area contributed by atoms with Gasteiger partial charge in [0.25, 0.3) is 5.91 Å². The lowest BCUT2D eigenvalue weighted by atomic mass is 10.2. The molecule has 2 aromatic heterocycles. The van der Waals surface area contributed by atoms with Crippen LogP contribution in [0.4, 0.5) is 10.1 Å². The highest BCUT2D eigenvalue weighted by molar-refractivity contribution is 7.16. The second-order valence-corrected chi connectivity index (χ2v) is 6.91. The lowest BCUT2D eigenvalue weighted by molar-refractivity contribution is 0.102. The molecule has 21 heavy (non-hydrogen) atoms. The number of fused-ring (bicyclic) bond motifs is 1. The lowest BCUT2D eigenvalue weighted by Gasteiger charge is -2.20. The van der Waals surface area contributed by atoms with E-state index in [0.717, 1.165) is 35.9 Å². The molecule has 6 nitrogen and oxygen atoms in total. The predicted molar refractivity (Wildman–Crippen MR) is 86.5 cm³/mol. The number of carbonyl (C=O) groups is 1. The van der Waals surface area contributed by atoms with E-state index in [1.807, 2.05) is 6.92 Å². The molecule has 1 aliphatic heterocycles. The van der Waals surface area contributed by atoms with Crippen LogP contribution in [0.5, 0.6) is 0 Å². The van der Waals surface area contributed by atoms with Gasteiger partial charge in [-0.05, 0) is 25.5 Å². The molecule has 0 atom stereocenters. The van der Waals surface area contributed by atoms with Gasteiger partial charge in [-0.1, -0.05) is 0 Å². The average Bonchev–Trinajstić information content (AvgIpc) is 3.00. The molecule has 112 valence electrons. The van der Waals surface area contributed by atoms with E-state index in [0.29, 0.717) is 10.7 Å². The van der Waals surface area contributed by atoms with Crippen LogP contribution < -0.4 is 10.6 Å². The third-order valence-corrected chi connectivity index (χ3v) is 5.41. The van der Waals surface area contributed by atoms with Gasteiger partial charge >= 0.3 is 0 Å². The highest BCUT2D eigenvalue weighted by Gasteiger charge is 2.22. The van der Waals surface area contributed by atoms with Gasteiger partial charge in [0.15, 0.2) is 5.13 Å². The van der Waals surface area contributed by atoms with Crippen LogP contribution in [-0.4, -0.2) is 40.8 Å². The van der Waals surface area contributed by atoms with Crippen LogP contribution in [0.3, 0.4) is 0 Å². The van der Waals surface area contributed by atoms with E-state index < -0.39 is 0 Å². The monoisotopic (exact) mass is 323 g/mol. The molecule has 0 aromatic carbocycles. The van der Waals surface area contributed by atoms with Crippen molar-refractivity contribution in [2.75, 3.05) is 31.3 Å². The number of amides is 1. The number of aromatic nitrogens is 2. The first-order chi connectivity index (χ1) is 10.1. The maximum absolute atomic E-state index is 12.4. The van der Waals surface area contributed by atoms with Gasteiger partial charge in [-0.3, -0.25) is 10.1 Å². The van der Waals surface area contributed by atoms with Crippen molar-refractivity contribution in [1.82, 2.24) is 14.3 Å². The van der Waals surface area contributed by atoms with Crippen LogP contribution in [0.2, 0.25) is 0 Å². The van der Waals surface area contributed by atoms with Crippen LogP contribution in [0.15, 0.2) is 0 Å². The molecule has 0 aliphatic carbocycles. The Morgan fingerprint density at radius 2 is 2.24 bits per heavy atom. The fourth-order valence-corrected chi connectivity index (χ4v) is 4.17. The molecule has 2 N–H and O–H groups in total. The van der Waals surface area contributed by atoms with Crippen molar-refractivity contribution in [2.24, 2.45) is 0 Å². The van der Waals surface area contributed by atoms with E-state index in [4.69, 9.17) is 0 Å². The number of likely N-dealkylation sites (N-methyl/N-ethyl adjacent to an activating group) is 1. The summed E-state index contributed by atoms with van der Waals surface area (Å²) in [5.74, 6) is -0.148. The summed E-state index contributed by atoms with van der Waals surface area (Å²) in [5, 5.41) is 7.38. The number of rotatable bonds is 3. The zero-order chi connectivity index (χ0) is 15.0.